The van der Waals surface area contributed by atoms with E-state index in [1.54, 1.807) is 12.1 Å². The van der Waals surface area contributed by atoms with Gasteiger partial charge in [0.2, 0.25) is 0 Å². The molecule has 1 spiro atoms. The van der Waals surface area contributed by atoms with E-state index in [1.165, 1.54) is 14.0 Å². The molecule has 2 aliphatic rings. The summed E-state index contributed by atoms with van der Waals surface area (Å²) < 4.78 is 10.3. The van der Waals surface area contributed by atoms with Gasteiger partial charge in [0, 0.05) is 0 Å². The molecular weight excluding hydrogens is 378 g/mol. The lowest BCUT2D eigenvalue weighted by Gasteiger charge is -2.20. The Morgan fingerprint density at radius 3 is 2.62 bits per heavy atom. The van der Waals surface area contributed by atoms with Crippen molar-refractivity contribution in [2.24, 2.45) is 0 Å². The lowest BCUT2D eigenvalue weighted by Crippen LogP contribution is -2.44. The summed E-state index contributed by atoms with van der Waals surface area (Å²) in [7, 11) is 1.49. The van der Waals surface area contributed by atoms with Crippen LogP contribution in [0.15, 0.2) is 18.2 Å². The van der Waals surface area contributed by atoms with Crippen LogP contribution in [-0.2, 0) is 19.1 Å². The van der Waals surface area contributed by atoms with Crippen molar-refractivity contribution in [2.45, 2.75) is 51.2 Å². The van der Waals surface area contributed by atoms with Crippen LogP contribution in [0.25, 0.3) is 0 Å². The summed E-state index contributed by atoms with van der Waals surface area (Å²) in [5.41, 5.74) is 0.491. The summed E-state index contributed by atoms with van der Waals surface area (Å²) in [6.07, 6.45) is 1.72. The number of esters is 1. The zero-order chi connectivity index (χ0) is 21.2. The van der Waals surface area contributed by atoms with Gasteiger partial charge in [0.25, 0.3) is 11.8 Å². The minimum absolute atomic E-state index is 0.404. The van der Waals surface area contributed by atoms with Crippen molar-refractivity contribution in [2.75, 3.05) is 19.0 Å². The molecule has 0 aromatic heterocycles. The lowest BCUT2D eigenvalue weighted by molar-refractivity contribution is -0.155. The van der Waals surface area contributed by atoms with Gasteiger partial charge in [-0.25, -0.2) is 4.79 Å². The monoisotopic (exact) mass is 403 g/mol. The molecule has 1 aliphatic heterocycles. The van der Waals surface area contributed by atoms with Crippen LogP contribution in [0.1, 0.15) is 38.2 Å². The predicted molar refractivity (Wildman–Crippen MR) is 103 cm³/mol. The SMILES string of the molecule is COc1ccc(C)cc1NC(=O)[C@H](C)OC(=O)CN1C(=O)NC2(CCCC2)C1=O. The molecule has 1 saturated heterocycles. The number of nitrogens with one attached hydrogen (secondary N) is 2. The number of urea groups is 1. The molecule has 1 aromatic carbocycles. The molecule has 3 rings (SSSR count). The van der Waals surface area contributed by atoms with E-state index in [1.807, 2.05) is 13.0 Å². The van der Waals surface area contributed by atoms with E-state index in [0.29, 0.717) is 24.3 Å². The van der Waals surface area contributed by atoms with E-state index in [2.05, 4.69) is 10.6 Å². The molecule has 1 aromatic rings. The van der Waals surface area contributed by atoms with Gasteiger partial charge < -0.3 is 20.1 Å². The first-order chi connectivity index (χ1) is 13.8. The highest BCUT2D eigenvalue weighted by atomic mass is 16.5. The summed E-state index contributed by atoms with van der Waals surface area (Å²) >= 11 is 0. The Labute approximate surface area is 168 Å². The van der Waals surface area contributed by atoms with Gasteiger partial charge in [-0.1, -0.05) is 18.9 Å². The molecule has 1 heterocycles. The van der Waals surface area contributed by atoms with Crippen LogP contribution in [0.5, 0.6) is 5.75 Å². The molecule has 0 bridgehead atoms. The number of benzene rings is 1. The number of hydrogen-bond acceptors (Lipinski definition) is 6. The van der Waals surface area contributed by atoms with Crippen LogP contribution >= 0.6 is 0 Å². The van der Waals surface area contributed by atoms with Gasteiger partial charge in [-0.15, -0.1) is 0 Å². The molecule has 1 aliphatic carbocycles. The molecule has 29 heavy (non-hydrogen) atoms. The summed E-state index contributed by atoms with van der Waals surface area (Å²) in [5.74, 6) is -1.31. The number of anilines is 1. The fraction of sp³-hybridized carbons (Fsp3) is 0.500. The minimum Gasteiger partial charge on any atom is -0.495 e. The van der Waals surface area contributed by atoms with E-state index in [0.717, 1.165) is 23.3 Å². The third-order valence-electron chi connectivity index (χ3n) is 5.28. The first-order valence-corrected chi connectivity index (χ1v) is 9.55. The van der Waals surface area contributed by atoms with Gasteiger partial charge in [0.05, 0.1) is 12.8 Å². The Hall–Kier alpha value is -3.10. The zero-order valence-corrected chi connectivity index (χ0v) is 16.7. The summed E-state index contributed by atoms with van der Waals surface area (Å²) in [5, 5.41) is 5.35. The van der Waals surface area contributed by atoms with Gasteiger partial charge in [-0.05, 0) is 44.4 Å². The molecule has 0 radical (unpaired) electrons. The molecule has 2 fully saturated rings. The zero-order valence-electron chi connectivity index (χ0n) is 16.7. The van der Waals surface area contributed by atoms with Crippen LogP contribution in [-0.4, -0.2) is 54.0 Å². The van der Waals surface area contributed by atoms with E-state index in [-0.39, 0.29) is 0 Å². The number of ether oxygens (including phenoxy) is 2. The van der Waals surface area contributed by atoms with E-state index in [4.69, 9.17) is 9.47 Å². The van der Waals surface area contributed by atoms with Crippen molar-refractivity contribution in [3.8, 4) is 5.75 Å². The number of aryl methyl sites for hydroxylation is 1. The second-order valence-corrected chi connectivity index (χ2v) is 7.44. The van der Waals surface area contributed by atoms with Crippen LogP contribution in [0.2, 0.25) is 0 Å². The molecule has 9 nitrogen and oxygen atoms in total. The number of amides is 4. The largest absolute Gasteiger partial charge is 0.495 e. The third-order valence-corrected chi connectivity index (χ3v) is 5.28. The van der Waals surface area contributed by atoms with E-state index < -0.39 is 42.0 Å². The predicted octanol–water partition coefficient (Wildman–Crippen LogP) is 1.74. The Bertz CT molecular complexity index is 847. The Kier molecular flexibility index (Phi) is 5.76. The number of hydrogen-bond donors (Lipinski definition) is 2. The third kappa shape index (κ3) is 4.18. The molecule has 9 heteroatoms. The van der Waals surface area contributed by atoms with Gasteiger partial charge in [0.15, 0.2) is 6.10 Å². The highest BCUT2D eigenvalue weighted by Crippen LogP contribution is 2.35. The highest BCUT2D eigenvalue weighted by Gasteiger charge is 2.52. The lowest BCUT2D eigenvalue weighted by atomic mass is 9.98. The van der Waals surface area contributed by atoms with Crippen LogP contribution in [0, 0.1) is 6.92 Å². The van der Waals surface area contributed by atoms with Crippen LogP contribution in [0.4, 0.5) is 10.5 Å². The average Bonchev–Trinajstić information content (AvgIpc) is 3.22. The summed E-state index contributed by atoms with van der Waals surface area (Å²) in [4.78, 5) is 50.2. The number of nitrogens with zero attached hydrogens (tertiary/aromatic N) is 1. The van der Waals surface area contributed by atoms with Crippen molar-refractivity contribution < 1.29 is 28.7 Å². The molecule has 1 atom stereocenters. The van der Waals surface area contributed by atoms with Crippen molar-refractivity contribution in [1.29, 1.82) is 0 Å². The normalized spacial score (nSPS) is 18.5. The van der Waals surface area contributed by atoms with Gasteiger partial charge in [0.1, 0.15) is 17.8 Å². The highest BCUT2D eigenvalue weighted by molar-refractivity contribution is 6.09. The number of carbonyl (C=O) groups excluding carboxylic acids is 4. The Morgan fingerprint density at radius 2 is 1.97 bits per heavy atom. The molecular formula is C20H25N3O6. The first-order valence-electron chi connectivity index (χ1n) is 9.55. The fourth-order valence-corrected chi connectivity index (χ4v) is 3.71. The van der Waals surface area contributed by atoms with Crippen molar-refractivity contribution in [1.82, 2.24) is 10.2 Å². The fourth-order valence-electron chi connectivity index (χ4n) is 3.71. The van der Waals surface area contributed by atoms with Crippen molar-refractivity contribution in [3.05, 3.63) is 23.8 Å². The van der Waals surface area contributed by atoms with Crippen LogP contribution < -0.4 is 15.4 Å². The Balaban J connectivity index is 1.58. The van der Waals surface area contributed by atoms with Crippen molar-refractivity contribution in [3.63, 3.8) is 0 Å². The maximum absolute atomic E-state index is 12.6. The average molecular weight is 403 g/mol. The number of imide groups is 1. The maximum Gasteiger partial charge on any atom is 0.327 e. The number of rotatable bonds is 6. The van der Waals surface area contributed by atoms with E-state index in [9.17, 15) is 19.2 Å². The topological polar surface area (TPSA) is 114 Å². The number of methoxy groups -OCH3 is 1. The van der Waals surface area contributed by atoms with E-state index >= 15 is 0 Å². The molecule has 4 amide bonds. The molecule has 1 saturated carbocycles. The van der Waals surface area contributed by atoms with Crippen molar-refractivity contribution >= 4 is 29.5 Å². The Morgan fingerprint density at radius 1 is 1.28 bits per heavy atom. The summed E-state index contributed by atoms with van der Waals surface area (Å²) in [6.45, 7) is 2.76. The van der Waals surface area contributed by atoms with Crippen LogP contribution in [0.3, 0.4) is 0 Å². The minimum atomic E-state index is -1.12. The van der Waals surface area contributed by atoms with Gasteiger partial charge in [-0.2, -0.15) is 0 Å². The quantitative estimate of drug-likeness (QED) is 0.552. The first kappa shape index (κ1) is 20.6. The number of carbonyl (C=O) groups is 4. The summed E-state index contributed by atoms with van der Waals surface area (Å²) in [6, 6.07) is 4.69. The standard InChI is InChI=1S/C20H25N3O6/c1-12-6-7-15(28-3)14(10-12)21-17(25)13(2)29-16(24)11-23-18(26)20(22-19(23)27)8-4-5-9-20/h6-7,10,13H,4-5,8-9,11H2,1-3H3,(H,21,25)(H,22,27)/t13-/m0/s1. The van der Waals surface area contributed by atoms with Gasteiger partial charge >= 0.3 is 12.0 Å². The maximum atomic E-state index is 12.6. The molecule has 0 unspecified atom stereocenters. The molecule has 156 valence electrons. The van der Waals surface area contributed by atoms with Gasteiger partial charge in [-0.3, -0.25) is 19.3 Å². The molecule has 2 N–H and O–H groups in total. The smallest absolute Gasteiger partial charge is 0.327 e. The second kappa shape index (κ2) is 8.10. The second-order valence-electron chi connectivity index (χ2n) is 7.44.